The molecule has 3 unspecified atom stereocenters. The molecule has 3 heteroatoms. The van der Waals surface area contributed by atoms with Crippen LogP contribution in [0.15, 0.2) is 18.2 Å². The van der Waals surface area contributed by atoms with Crippen LogP contribution in [0, 0.1) is 17.7 Å². The van der Waals surface area contributed by atoms with Gasteiger partial charge in [-0.1, -0.05) is 43.9 Å². The normalized spacial score (nSPS) is 25.3. The average molecular weight is 284 g/mol. The van der Waals surface area contributed by atoms with E-state index in [-0.39, 0.29) is 11.9 Å². The van der Waals surface area contributed by atoms with Gasteiger partial charge in [-0.05, 0) is 43.9 Å². The molecule has 1 aliphatic carbocycles. The first-order chi connectivity index (χ1) is 9.15. The number of nitrogens with one attached hydrogen (secondary N) is 1. The Balaban J connectivity index is 2.19. The molecule has 0 radical (unpaired) electrons. The van der Waals surface area contributed by atoms with Crippen molar-refractivity contribution in [2.24, 2.45) is 11.8 Å². The van der Waals surface area contributed by atoms with Crippen LogP contribution in [0.25, 0.3) is 0 Å². The summed E-state index contributed by atoms with van der Waals surface area (Å²) in [6, 6.07) is 5.13. The maximum atomic E-state index is 14.1. The van der Waals surface area contributed by atoms with Crippen molar-refractivity contribution in [1.82, 2.24) is 5.32 Å². The Hall–Kier alpha value is -0.600. The molecule has 19 heavy (non-hydrogen) atoms. The summed E-state index contributed by atoms with van der Waals surface area (Å²) in [5.41, 5.74) is 0.758. The van der Waals surface area contributed by atoms with Gasteiger partial charge < -0.3 is 5.32 Å². The van der Waals surface area contributed by atoms with Crippen LogP contribution in [0.3, 0.4) is 0 Å². The van der Waals surface area contributed by atoms with Gasteiger partial charge in [-0.2, -0.15) is 0 Å². The minimum Gasteiger partial charge on any atom is -0.313 e. The number of hydrogen-bond acceptors (Lipinski definition) is 1. The van der Waals surface area contributed by atoms with Gasteiger partial charge in [-0.15, -0.1) is 0 Å². The van der Waals surface area contributed by atoms with Crippen molar-refractivity contribution in [3.05, 3.63) is 34.6 Å². The molecular formula is C16H23ClFN. The van der Waals surface area contributed by atoms with Gasteiger partial charge in [0.1, 0.15) is 5.82 Å². The standard InChI is InChI=1S/C16H23ClFN/c1-3-11-5-4-6-12(9-11)16(19-2)14-8-7-13(17)10-15(14)18/h7-8,10-12,16,19H,3-6,9H2,1-2H3. The molecule has 1 fully saturated rings. The van der Waals surface area contributed by atoms with Crippen molar-refractivity contribution in [2.75, 3.05) is 7.05 Å². The van der Waals surface area contributed by atoms with Crippen LogP contribution >= 0.6 is 11.6 Å². The first kappa shape index (κ1) is 14.8. The zero-order valence-electron chi connectivity index (χ0n) is 11.8. The first-order valence-electron chi connectivity index (χ1n) is 7.28. The lowest BCUT2D eigenvalue weighted by Gasteiger charge is -2.34. The number of benzene rings is 1. The second-order valence-corrected chi connectivity index (χ2v) is 6.07. The van der Waals surface area contributed by atoms with Crippen LogP contribution < -0.4 is 5.32 Å². The molecule has 1 nitrogen and oxygen atoms in total. The predicted molar refractivity (Wildman–Crippen MR) is 78.9 cm³/mol. The van der Waals surface area contributed by atoms with Gasteiger partial charge in [0.15, 0.2) is 0 Å². The topological polar surface area (TPSA) is 12.0 Å². The highest BCUT2D eigenvalue weighted by Gasteiger charge is 2.29. The van der Waals surface area contributed by atoms with Crippen LogP contribution in [-0.4, -0.2) is 7.05 Å². The quantitative estimate of drug-likeness (QED) is 0.824. The molecule has 0 amide bonds. The van der Waals surface area contributed by atoms with Crippen molar-refractivity contribution >= 4 is 11.6 Å². The maximum absolute atomic E-state index is 14.1. The second-order valence-electron chi connectivity index (χ2n) is 5.63. The summed E-state index contributed by atoms with van der Waals surface area (Å²) >= 11 is 5.84. The van der Waals surface area contributed by atoms with E-state index in [0.29, 0.717) is 10.9 Å². The van der Waals surface area contributed by atoms with E-state index in [1.54, 1.807) is 6.07 Å². The molecule has 1 aliphatic rings. The van der Waals surface area contributed by atoms with Gasteiger partial charge >= 0.3 is 0 Å². The Labute approximate surface area is 120 Å². The van der Waals surface area contributed by atoms with E-state index in [0.717, 1.165) is 11.5 Å². The van der Waals surface area contributed by atoms with Crippen LogP contribution in [0.1, 0.15) is 50.6 Å². The second kappa shape index (κ2) is 6.71. The van der Waals surface area contributed by atoms with E-state index >= 15 is 0 Å². The lowest BCUT2D eigenvalue weighted by atomic mass is 9.75. The Morgan fingerprint density at radius 2 is 2.21 bits per heavy atom. The van der Waals surface area contributed by atoms with E-state index in [1.165, 1.54) is 38.2 Å². The highest BCUT2D eigenvalue weighted by Crippen LogP contribution is 2.39. The van der Waals surface area contributed by atoms with Crippen LogP contribution in [0.2, 0.25) is 5.02 Å². The molecule has 3 atom stereocenters. The summed E-state index contributed by atoms with van der Waals surface area (Å²) < 4.78 is 14.1. The molecule has 1 aromatic rings. The Bertz CT molecular complexity index is 421. The van der Waals surface area contributed by atoms with Gasteiger partial charge in [0.2, 0.25) is 0 Å². The molecule has 0 aliphatic heterocycles. The van der Waals surface area contributed by atoms with E-state index in [9.17, 15) is 4.39 Å². The van der Waals surface area contributed by atoms with Gasteiger partial charge in [0, 0.05) is 16.6 Å². The van der Waals surface area contributed by atoms with Crippen molar-refractivity contribution in [3.8, 4) is 0 Å². The lowest BCUT2D eigenvalue weighted by Crippen LogP contribution is -2.30. The highest BCUT2D eigenvalue weighted by atomic mass is 35.5. The summed E-state index contributed by atoms with van der Waals surface area (Å²) in [6.07, 6.45) is 6.20. The molecular weight excluding hydrogens is 261 g/mol. The third-order valence-corrected chi connectivity index (χ3v) is 4.72. The molecule has 106 valence electrons. The number of hydrogen-bond donors (Lipinski definition) is 1. The maximum Gasteiger partial charge on any atom is 0.129 e. The van der Waals surface area contributed by atoms with E-state index in [2.05, 4.69) is 12.2 Å². The fourth-order valence-electron chi connectivity index (χ4n) is 3.40. The van der Waals surface area contributed by atoms with Gasteiger partial charge in [0.25, 0.3) is 0 Å². The molecule has 0 saturated heterocycles. The van der Waals surface area contributed by atoms with Crippen molar-refractivity contribution in [2.45, 2.75) is 45.1 Å². The predicted octanol–water partition coefficient (Wildman–Crippen LogP) is 4.96. The number of rotatable bonds is 4. The van der Waals surface area contributed by atoms with Crippen LogP contribution in [0.5, 0.6) is 0 Å². The van der Waals surface area contributed by atoms with Crippen LogP contribution in [0.4, 0.5) is 4.39 Å². The van der Waals surface area contributed by atoms with E-state index < -0.39 is 0 Å². The summed E-state index contributed by atoms with van der Waals surface area (Å²) in [7, 11) is 1.92. The monoisotopic (exact) mass is 283 g/mol. The third-order valence-electron chi connectivity index (χ3n) is 4.48. The minimum absolute atomic E-state index is 0.103. The summed E-state index contributed by atoms with van der Waals surface area (Å²) in [5, 5.41) is 3.77. The third kappa shape index (κ3) is 3.49. The molecule has 0 spiro atoms. The molecule has 2 rings (SSSR count). The summed E-state index contributed by atoms with van der Waals surface area (Å²) in [5.74, 6) is 1.13. The van der Waals surface area contributed by atoms with Crippen molar-refractivity contribution < 1.29 is 4.39 Å². The molecule has 0 bridgehead atoms. The summed E-state index contributed by atoms with van der Waals surface area (Å²) in [4.78, 5) is 0. The lowest BCUT2D eigenvalue weighted by molar-refractivity contribution is 0.212. The van der Waals surface area contributed by atoms with E-state index in [1.807, 2.05) is 13.1 Å². The van der Waals surface area contributed by atoms with Gasteiger partial charge in [0.05, 0.1) is 0 Å². The van der Waals surface area contributed by atoms with Gasteiger partial charge in [-0.3, -0.25) is 0 Å². The smallest absolute Gasteiger partial charge is 0.129 e. The number of halogens is 2. The van der Waals surface area contributed by atoms with E-state index in [4.69, 9.17) is 11.6 Å². The largest absolute Gasteiger partial charge is 0.313 e. The highest BCUT2D eigenvalue weighted by molar-refractivity contribution is 6.30. The SMILES string of the molecule is CCC1CCCC(C(NC)c2ccc(Cl)cc2F)C1. The molecule has 0 heterocycles. The van der Waals surface area contributed by atoms with Crippen LogP contribution in [-0.2, 0) is 0 Å². The Morgan fingerprint density at radius 1 is 1.42 bits per heavy atom. The zero-order valence-corrected chi connectivity index (χ0v) is 12.5. The summed E-state index contributed by atoms with van der Waals surface area (Å²) in [6.45, 7) is 2.25. The average Bonchev–Trinajstić information content (AvgIpc) is 2.42. The Morgan fingerprint density at radius 3 is 2.84 bits per heavy atom. The molecule has 0 aromatic heterocycles. The minimum atomic E-state index is -0.189. The fourth-order valence-corrected chi connectivity index (χ4v) is 3.56. The first-order valence-corrected chi connectivity index (χ1v) is 7.65. The zero-order chi connectivity index (χ0) is 13.8. The Kier molecular flexibility index (Phi) is 5.23. The molecule has 1 saturated carbocycles. The fraction of sp³-hybridized carbons (Fsp3) is 0.625. The molecule has 1 N–H and O–H groups in total. The van der Waals surface area contributed by atoms with Crippen molar-refractivity contribution in [1.29, 1.82) is 0 Å². The van der Waals surface area contributed by atoms with Gasteiger partial charge in [-0.25, -0.2) is 4.39 Å². The van der Waals surface area contributed by atoms with Crippen molar-refractivity contribution in [3.63, 3.8) is 0 Å². The molecule has 1 aromatic carbocycles.